The quantitative estimate of drug-likeness (QED) is 0.737. The molecule has 1 heterocycles. The summed E-state index contributed by atoms with van der Waals surface area (Å²) in [6.07, 6.45) is 2.53. The van der Waals surface area contributed by atoms with E-state index in [-0.39, 0.29) is 11.6 Å². The van der Waals surface area contributed by atoms with E-state index in [9.17, 15) is 9.18 Å². The molecule has 0 aliphatic heterocycles. The fourth-order valence-electron chi connectivity index (χ4n) is 1.47. The lowest BCUT2D eigenvalue weighted by molar-refractivity contribution is 0.0981. The van der Waals surface area contributed by atoms with E-state index in [1.54, 1.807) is 12.3 Å². The average Bonchev–Trinajstić information content (AvgIpc) is 2.80. The largest absolute Gasteiger partial charge is 0.469 e. The Kier molecular flexibility index (Phi) is 3.15. The highest BCUT2D eigenvalue weighted by Crippen LogP contribution is 2.09. The first kappa shape index (κ1) is 10.6. The molecular formula is C13H11FO2. The van der Waals surface area contributed by atoms with Gasteiger partial charge in [-0.15, -0.1) is 0 Å². The number of halogens is 1. The lowest BCUT2D eigenvalue weighted by Crippen LogP contribution is -2.00. The highest BCUT2D eigenvalue weighted by atomic mass is 19.1. The van der Waals surface area contributed by atoms with Crippen molar-refractivity contribution < 1.29 is 13.6 Å². The highest BCUT2D eigenvalue weighted by molar-refractivity contribution is 5.96. The van der Waals surface area contributed by atoms with E-state index in [2.05, 4.69) is 0 Å². The molecule has 0 spiro atoms. The standard InChI is InChI=1S/C13H11FO2/c14-11-5-3-10(4-6-11)13(15)8-7-12-2-1-9-16-12/h1-6,9H,7-8H2. The first-order chi connectivity index (χ1) is 7.75. The van der Waals surface area contributed by atoms with E-state index in [1.165, 1.54) is 24.3 Å². The summed E-state index contributed by atoms with van der Waals surface area (Å²) in [4.78, 5) is 11.7. The van der Waals surface area contributed by atoms with Crippen LogP contribution in [0.3, 0.4) is 0 Å². The summed E-state index contributed by atoms with van der Waals surface area (Å²) in [5.41, 5.74) is 0.535. The third kappa shape index (κ3) is 2.57. The summed E-state index contributed by atoms with van der Waals surface area (Å²) < 4.78 is 17.8. The molecule has 0 bridgehead atoms. The lowest BCUT2D eigenvalue weighted by Gasteiger charge is -1.99. The molecule has 0 amide bonds. The van der Waals surface area contributed by atoms with Gasteiger partial charge in [-0.1, -0.05) is 0 Å². The number of hydrogen-bond donors (Lipinski definition) is 0. The fraction of sp³-hybridized carbons (Fsp3) is 0.154. The van der Waals surface area contributed by atoms with Crippen LogP contribution in [0.2, 0.25) is 0 Å². The van der Waals surface area contributed by atoms with Crippen molar-refractivity contribution in [3.05, 3.63) is 59.8 Å². The molecule has 3 heteroatoms. The SMILES string of the molecule is O=C(CCc1ccco1)c1ccc(F)cc1. The molecule has 82 valence electrons. The third-order valence-corrected chi connectivity index (χ3v) is 2.34. The monoisotopic (exact) mass is 218 g/mol. The minimum atomic E-state index is -0.331. The number of benzene rings is 1. The molecule has 0 aliphatic carbocycles. The topological polar surface area (TPSA) is 30.2 Å². The number of aryl methyl sites for hydroxylation is 1. The fourth-order valence-corrected chi connectivity index (χ4v) is 1.47. The molecule has 0 radical (unpaired) electrons. The third-order valence-electron chi connectivity index (χ3n) is 2.34. The smallest absolute Gasteiger partial charge is 0.163 e. The van der Waals surface area contributed by atoms with Gasteiger partial charge in [0.05, 0.1) is 6.26 Å². The number of ketones is 1. The van der Waals surface area contributed by atoms with Crippen molar-refractivity contribution >= 4 is 5.78 Å². The van der Waals surface area contributed by atoms with Crippen LogP contribution in [0.25, 0.3) is 0 Å². The van der Waals surface area contributed by atoms with Crippen LogP contribution in [-0.4, -0.2) is 5.78 Å². The molecule has 0 unspecified atom stereocenters. The number of hydrogen-bond acceptors (Lipinski definition) is 2. The van der Waals surface area contributed by atoms with Crippen LogP contribution in [0.1, 0.15) is 22.5 Å². The molecule has 0 N–H and O–H groups in total. The van der Waals surface area contributed by atoms with Gasteiger partial charge in [0.1, 0.15) is 11.6 Å². The number of furan rings is 1. The van der Waals surface area contributed by atoms with Gasteiger partial charge in [0.15, 0.2) is 5.78 Å². The summed E-state index contributed by atoms with van der Waals surface area (Å²) in [5.74, 6) is 0.453. The molecule has 2 aromatic rings. The van der Waals surface area contributed by atoms with Crippen LogP contribution in [0.15, 0.2) is 47.1 Å². The summed E-state index contributed by atoms with van der Waals surface area (Å²) in [6.45, 7) is 0. The molecule has 0 fully saturated rings. The molecule has 2 nitrogen and oxygen atoms in total. The Morgan fingerprint density at radius 1 is 1.19 bits per heavy atom. The van der Waals surface area contributed by atoms with E-state index < -0.39 is 0 Å². The first-order valence-electron chi connectivity index (χ1n) is 5.07. The van der Waals surface area contributed by atoms with Gasteiger partial charge in [-0.25, -0.2) is 4.39 Å². The summed E-state index contributed by atoms with van der Waals surface area (Å²) >= 11 is 0. The summed E-state index contributed by atoms with van der Waals surface area (Å²) in [6, 6.07) is 9.20. The zero-order valence-corrected chi connectivity index (χ0v) is 8.65. The van der Waals surface area contributed by atoms with Gasteiger partial charge in [-0.3, -0.25) is 4.79 Å². The molecule has 0 atom stereocenters. The van der Waals surface area contributed by atoms with E-state index in [0.717, 1.165) is 5.76 Å². The maximum atomic E-state index is 12.6. The predicted molar refractivity (Wildman–Crippen MR) is 57.8 cm³/mol. The Bertz CT molecular complexity index is 457. The van der Waals surface area contributed by atoms with E-state index in [0.29, 0.717) is 18.4 Å². The van der Waals surface area contributed by atoms with E-state index >= 15 is 0 Å². The van der Waals surface area contributed by atoms with Crippen molar-refractivity contribution in [1.82, 2.24) is 0 Å². The summed E-state index contributed by atoms with van der Waals surface area (Å²) in [7, 11) is 0. The first-order valence-corrected chi connectivity index (χ1v) is 5.07. The number of rotatable bonds is 4. The van der Waals surface area contributed by atoms with Gasteiger partial charge in [0.25, 0.3) is 0 Å². The predicted octanol–water partition coefficient (Wildman–Crippen LogP) is 3.23. The second-order valence-corrected chi connectivity index (χ2v) is 3.51. The minimum absolute atomic E-state index is 0.00333. The van der Waals surface area contributed by atoms with Gasteiger partial charge >= 0.3 is 0 Å². The normalized spacial score (nSPS) is 10.3. The summed E-state index contributed by atoms with van der Waals surface area (Å²) in [5, 5.41) is 0. The van der Waals surface area contributed by atoms with Crippen molar-refractivity contribution in [2.45, 2.75) is 12.8 Å². The minimum Gasteiger partial charge on any atom is -0.469 e. The maximum absolute atomic E-state index is 12.6. The van der Waals surface area contributed by atoms with Gasteiger partial charge in [-0.05, 0) is 36.4 Å². The molecule has 1 aromatic heterocycles. The maximum Gasteiger partial charge on any atom is 0.163 e. The zero-order valence-electron chi connectivity index (χ0n) is 8.65. The Morgan fingerprint density at radius 3 is 2.56 bits per heavy atom. The molecular weight excluding hydrogens is 207 g/mol. The van der Waals surface area contributed by atoms with Crippen molar-refractivity contribution in [3.8, 4) is 0 Å². The van der Waals surface area contributed by atoms with Crippen molar-refractivity contribution in [2.75, 3.05) is 0 Å². The highest BCUT2D eigenvalue weighted by Gasteiger charge is 2.07. The number of carbonyl (C=O) groups excluding carboxylic acids is 1. The van der Waals surface area contributed by atoms with Crippen molar-refractivity contribution in [3.63, 3.8) is 0 Å². The Morgan fingerprint density at radius 2 is 1.94 bits per heavy atom. The molecule has 0 aliphatic rings. The van der Waals surface area contributed by atoms with Gasteiger partial charge < -0.3 is 4.42 Å². The van der Waals surface area contributed by atoms with Crippen LogP contribution in [0, 0.1) is 5.82 Å². The Hall–Kier alpha value is -1.90. The van der Waals surface area contributed by atoms with Crippen LogP contribution < -0.4 is 0 Å². The molecule has 16 heavy (non-hydrogen) atoms. The van der Waals surface area contributed by atoms with Crippen LogP contribution in [0.4, 0.5) is 4.39 Å². The van der Waals surface area contributed by atoms with Gasteiger partial charge in [0.2, 0.25) is 0 Å². The van der Waals surface area contributed by atoms with E-state index in [1.807, 2.05) is 6.07 Å². The van der Waals surface area contributed by atoms with E-state index in [4.69, 9.17) is 4.42 Å². The average molecular weight is 218 g/mol. The van der Waals surface area contributed by atoms with Crippen LogP contribution in [-0.2, 0) is 6.42 Å². The molecule has 0 saturated heterocycles. The Labute approximate surface area is 92.7 Å². The van der Waals surface area contributed by atoms with Gasteiger partial charge in [0, 0.05) is 18.4 Å². The van der Waals surface area contributed by atoms with Gasteiger partial charge in [-0.2, -0.15) is 0 Å². The van der Waals surface area contributed by atoms with Crippen molar-refractivity contribution in [2.24, 2.45) is 0 Å². The second-order valence-electron chi connectivity index (χ2n) is 3.51. The number of Topliss-reactive ketones (excluding diaryl/α,β-unsaturated/α-hetero) is 1. The lowest BCUT2D eigenvalue weighted by atomic mass is 10.1. The Balaban J connectivity index is 1.95. The van der Waals surface area contributed by atoms with Crippen LogP contribution >= 0.6 is 0 Å². The number of carbonyl (C=O) groups is 1. The molecule has 1 aromatic carbocycles. The molecule has 2 rings (SSSR count). The van der Waals surface area contributed by atoms with Crippen LogP contribution in [0.5, 0.6) is 0 Å². The van der Waals surface area contributed by atoms with Crippen molar-refractivity contribution in [1.29, 1.82) is 0 Å². The second kappa shape index (κ2) is 4.75. The molecule has 0 saturated carbocycles. The zero-order chi connectivity index (χ0) is 11.4.